The van der Waals surface area contributed by atoms with Crippen molar-refractivity contribution in [2.75, 3.05) is 33.7 Å². The number of aliphatic imine (C=N–C) groups is 1. The van der Waals surface area contributed by atoms with Gasteiger partial charge in [0.25, 0.3) is 0 Å². The highest BCUT2D eigenvalue weighted by molar-refractivity contribution is 14.0. The van der Waals surface area contributed by atoms with E-state index in [1.807, 2.05) is 18.4 Å². The predicted octanol–water partition coefficient (Wildman–Crippen LogP) is 3.15. The first-order valence-corrected chi connectivity index (χ1v) is 8.43. The summed E-state index contributed by atoms with van der Waals surface area (Å²) in [6, 6.07) is 4.87. The summed E-state index contributed by atoms with van der Waals surface area (Å²) in [6.45, 7) is 11.7. The number of guanidine groups is 1. The molecule has 1 rings (SSSR count). The van der Waals surface area contributed by atoms with Crippen molar-refractivity contribution >= 4 is 41.3 Å². The average molecular weight is 438 g/mol. The van der Waals surface area contributed by atoms with Gasteiger partial charge in [-0.25, -0.2) is 0 Å². The Morgan fingerprint density at radius 3 is 2.55 bits per heavy atom. The van der Waals surface area contributed by atoms with Gasteiger partial charge < -0.3 is 15.5 Å². The number of thiophene rings is 1. The lowest BCUT2D eigenvalue weighted by Crippen LogP contribution is -2.45. The van der Waals surface area contributed by atoms with Crippen LogP contribution in [0.25, 0.3) is 0 Å². The van der Waals surface area contributed by atoms with Gasteiger partial charge >= 0.3 is 0 Å². The monoisotopic (exact) mass is 438 g/mol. The summed E-state index contributed by atoms with van der Waals surface area (Å²) in [7, 11) is 3.96. The maximum Gasteiger partial charge on any atom is 0.191 e. The molecule has 1 aromatic rings. The highest BCUT2D eigenvalue weighted by atomic mass is 127. The summed E-state index contributed by atoms with van der Waals surface area (Å²) in [4.78, 5) is 8.00. The molecule has 22 heavy (non-hydrogen) atoms. The van der Waals surface area contributed by atoms with E-state index in [-0.39, 0.29) is 29.4 Å². The number of rotatable bonds is 7. The van der Waals surface area contributed by atoms with E-state index in [2.05, 4.69) is 72.8 Å². The molecule has 0 amide bonds. The molecule has 1 heterocycles. The van der Waals surface area contributed by atoms with Gasteiger partial charge in [0.2, 0.25) is 0 Å². The molecule has 0 atom stereocenters. The SMILES string of the molecule is CN=C(NCCN(C)C(C)C)NCC(C)(C)c1cccs1.I. The fraction of sp³-hybridized carbons (Fsp3) is 0.688. The first kappa shape index (κ1) is 21.7. The molecule has 0 fully saturated rings. The summed E-state index contributed by atoms with van der Waals surface area (Å²) in [6.07, 6.45) is 0. The zero-order valence-electron chi connectivity index (χ0n) is 14.6. The maximum atomic E-state index is 4.29. The van der Waals surface area contributed by atoms with Crippen LogP contribution in [-0.4, -0.2) is 50.6 Å². The van der Waals surface area contributed by atoms with Crippen LogP contribution in [0.4, 0.5) is 0 Å². The Morgan fingerprint density at radius 2 is 2.05 bits per heavy atom. The number of halogens is 1. The quantitative estimate of drug-likeness (QED) is 0.391. The Bertz CT molecular complexity index is 429. The average Bonchev–Trinajstić information content (AvgIpc) is 2.97. The van der Waals surface area contributed by atoms with E-state index in [0.29, 0.717) is 6.04 Å². The van der Waals surface area contributed by atoms with Crippen molar-refractivity contribution in [3.8, 4) is 0 Å². The highest BCUT2D eigenvalue weighted by Gasteiger charge is 2.21. The summed E-state index contributed by atoms with van der Waals surface area (Å²) >= 11 is 1.81. The molecule has 1 aromatic heterocycles. The minimum atomic E-state index is 0. The largest absolute Gasteiger partial charge is 0.356 e. The van der Waals surface area contributed by atoms with E-state index in [1.165, 1.54) is 4.88 Å². The van der Waals surface area contributed by atoms with Gasteiger partial charge in [0, 0.05) is 43.0 Å². The zero-order chi connectivity index (χ0) is 15.9. The number of nitrogens with zero attached hydrogens (tertiary/aromatic N) is 2. The molecule has 0 unspecified atom stereocenters. The summed E-state index contributed by atoms with van der Waals surface area (Å²) in [5, 5.41) is 8.93. The molecule has 0 saturated carbocycles. The minimum absolute atomic E-state index is 0. The van der Waals surface area contributed by atoms with Crippen molar-refractivity contribution in [2.45, 2.75) is 39.2 Å². The van der Waals surface area contributed by atoms with Gasteiger partial charge in [0.15, 0.2) is 5.96 Å². The van der Waals surface area contributed by atoms with E-state index in [4.69, 9.17) is 0 Å². The predicted molar refractivity (Wildman–Crippen MR) is 110 cm³/mol. The summed E-state index contributed by atoms with van der Waals surface area (Å²) in [5.41, 5.74) is 0.112. The first-order valence-electron chi connectivity index (χ1n) is 7.55. The van der Waals surface area contributed by atoms with Gasteiger partial charge in [0.05, 0.1) is 0 Å². The van der Waals surface area contributed by atoms with E-state index in [1.54, 1.807) is 0 Å². The van der Waals surface area contributed by atoms with E-state index in [9.17, 15) is 0 Å². The lowest BCUT2D eigenvalue weighted by Gasteiger charge is -2.26. The van der Waals surface area contributed by atoms with Crippen LogP contribution in [0.15, 0.2) is 22.5 Å². The Balaban J connectivity index is 0.00000441. The molecule has 0 aliphatic carbocycles. The molecular formula is C16H31IN4S. The molecule has 128 valence electrons. The van der Waals surface area contributed by atoms with Crippen molar-refractivity contribution < 1.29 is 0 Å². The van der Waals surface area contributed by atoms with Crippen LogP contribution in [0.3, 0.4) is 0 Å². The fourth-order valence-corrected chi connectivity index (χ4v) is 2.74. The van der Waals surface area contributed by atoms with Crippen molar-refractivity contribution in [1.29, 1.82) is 0 Å². The zero-order valence-corrected chi connectivity index (χ0v) is 17.8. The van der Waals surface area contributed by atoms with Crippen LogP contribution in [-0.2, 0) is 5.41 Å². The van der Waals surface area contributed by atoms with Crippen LogP contribution < -0.4 is 10.6 Å². The molecule has 0 aromatic carbocycles. The van der Waals surface area contributed by atoms with Crippen LogP contribution in [0.2, 0.25) is 0 Å². The standard InChI is InChI=1S/C16H30N4S.HI/c1-13(2)20(6)10-9-18-15(17-5)19-12-16(3,4)14-8-7-11-21-14;/h7-8,11,13H,9-10,12H2,1-6H3,(H2,17,18,19);1H. The Labute approximate surface area is 156 Å². The topological polar surface area (TPSA) is 39.7 Å². The molecule has 0 bridgehead atoms. The molecule has 0 aliphatic rings. The molecule has 0 radical (unpaired) electrons. The minimum Gasteiger partial charge on any atom is -0.356 e. The van der Waals surface area contributed by atoms with Crippen molar-refractivity contribution in [3.05, 3.63) is 22.4 Å². The van der Waals surface area contributed by atoms with Crippen molar-refractivity contribution in [2.24, 2.45) is 4.99 Å². The molecule has 0 aliphatic heterocycles. The Morgan fingerprint density at radius 1 is 1.36 bits per heavy atom. The molecule has 0 spiro atoms. The number of hydrogen-bond acceptors (Lipinski definition) is 3. The third kappa shape index (κ3) is 7.28. The van der Waals surface area contributed by atoms with Gasteiger partial charge in [-0.1, -0.05) is 19.9 Å². The van der Waals surface area contributed by atoms with E-state index in [0.717, 1.165) is 25.6 Å². The normalized spacial score (nSPS) is 12.5. The van der Waals surface area contributed by atoms with E-state index >= 15 is 0 Å². The number of hydrogen-bond donors (Lipinski definition) is 2. The molecular weight excluding hydrogens is 407 g/mol. The van der Waals surface area contributed by atoms with Gasteiger partial charge in [-0.15, -0.1) is 35.3 Å². The van der Waals surface area contributed by atoms with Gasteiger partial charge in [-0.3, -0.25) is 4.99 Å². The van der Waals surface area contributed by atoms with Crippen molar-refractivity contribution in [3.63, 3.8) is 0 Å². The first-order chi connectivity index (χ1) is 9.86. The second-order valence-electron chi connectivity index (χ2n) is 6.29. The van der Waals surface area contributed by atoms with Crippen molar-refractivity contribution in [1.82, 2.24) is 15.5 Å². The van der Waals surface area contributed by atoms with Crippen LogP contribution in [0.5, 0.6) is 0 Å². The third-order valence-corrected chi connectivity index (χ3v) is 4.98. The molecule has 4 nitrogen and oxygen atoms in total. The summed E-state index contributed by atoms with van der Waals surface area (Å²) < 4.78 is 0. The lowest BCUT2D eigenvalue weighted by atomic mass is 9.91. The molecule has 2 N–H and O–H groups in total. The fourth-order valence-electron chi connectivity index (χ4n) is 1.88. The van der Waals surface area contributed by atoms with Crippen LogP contribution in [0, 0.1) is 0 Å². The van der Waals surface area contributed by atoms with Gasteiger partial charge in [-0.05, 0) is 32.3 Å². The lowest BCUT2D eigenvalue weighted by molar-refractivity contribution is 0.278. The second-order valence-corrected chi connectivity index (χ2v) is 7.24. The Kier molecular flexibility index (Phi) is 10.3. The molecule has 6 heteroatoms. The maximum absolute atomic E-state index is 4.29. The highest BCUT2D eigenvalue weighted by Crippen LogP contribution is 2.26. The second kappa shape index (κ2) is 10.4. The number of likely N-dealkylation sites (N-methyl/N-ethyl adjacent to an activating group) is 1. The number of nitrogens with one attached hydrogen (secondary N) is 2. The molecule has 0 saturated heterocycles. The van der Waals surface area contributed by atoms with Crippen LogP contribution >= 0.6 is 35.3 Å². The van der Waals surface area contributed by atoms with Gasteiger partial charge in [-0.2, -0.15) is 0 Å². The Hall–Kier alpha value is -0.340. The van der Waals surface area contributed by atoms with Crippen LogP contribution in [0.1, 0.15) is 32.6 Å². The smallest absolute Gasteiger partial charge is 0.191 e. The van der Waals surface area contributed by atoms with E-state index < -0.39 is 0 Å². The van der Waals surface area contributed by atoms with Gasteiger partial charge in [0.1, 0.15) is 0 Å². The third-order valence-electron chi connectivity index (χ3n) is 3.75. The summed E-state index contributed by atoms with van der Waals surface area (Å²) in [5.74, 6) is 0.872.